The fourth-order valence-corrected chi connectivity index (χ4v) is 6.69. The third kappa shape index (κ3) is 5.52. The lowest BCUT2D eigenvalue weighted by Gasteiger charge is -2.19. The number of ether oxygens (including phenoxy) is 5. The van der Waals surface area contributed by atoms with Gasteiger partial charge in [0, 0.05) is 47.4 Å². The van der Waals surface area contributed by atoms with Crippen LogP contribution in [0.5, 0.6) is 23.0 Å². The second-order valence-corrected chi connectivity index (χ2v) is 11.2. The summed E-state index contributed by atoms with van der Waals surface area (Å²) < 4.78 is 29.9. The van der Waals surface area contributed by atoms with Crippen LogP contribution in [0.25, 0.3) is 15.9 Å². The third-order valence-electron chi connectivity index (χ3n) is 7.34. The second-order valence-electron chi connectivity index (χ2n) is 10.2. The van der Waals surface area contributed by atoms with Gasteiger partial charge in [0.25, 0.3) is 5.91 Å². The average Bonchev–Trinajstić information content (AvgIpc) is 3.83. The molecule has 13 nitrogen and oxygen atoms in total. The number of hydrazone groups is 1. The summed E-state index contributed by atoms with van der Waals surface area (Å²) in [6, 6.07) is 5.79. The standard InChI is InChI=1S/C31H31N5O8S/c1-6-41-31(38)21-13-18(44-35-21)12-19-20(25(40-5)27-26(24(19)39-4)42-15-43-27)14-32-34-29(37)28-23(36-9-7-8-10-36)22-16(2)11-17(3)33-30(22)45-28/h7-11,14,18H,6,12-13,15H2,1-5H3,(H,34,37)/b32-14-/t18-/m0/s1. The van der Waals surface area contributed by atoms with Crippen molar-refractivity contribution < 1.29 is 38.1 Å². The smallest absolute Gasteiger partial charge is 0.356 e. The number of amides is 1. The van der Waals surface area contributed by atoms with Gasteiger partial charge in [-0.05, 0) is 44.5 Å². The van der Waals surface area contributed by atoms with E-state index >= 15 is 0 Å². The van der Waals surface area contributed by atoms with Crippen molar-refractivity contribution in [2.45, 2.75) is 39.7 Å². The van der Waals surface area contributed by atoms with Crippen LogP contribution in [0.2, 0.25) is 0 Å². The highest BCUT2D eigenvalue weighted by Gasteiger charge is 2.35. The zero-order chi connectivity index (χ0) is 31.7. The Morgan fingerprint density at radius 1 is 1.16 bits per heavy atom. The highest BCUT2D eigenvalue weighted by molar-refractivity contribution is 7.21. The van der Waals surface area contributed by atoms with E-state index in [9.17, 15) is 9.59 Å². The summed E-state index contributed by atoms with van der Waals surface area (Å²) in [6.07, 6.45) is 5.21. The molecule has 1 amide bonds. The van der Waals surface area contributed by atoms with Crippen molar-refractivity contribution in [3.8, 4) is 28.7 Å². The molecule has 0 fully saturated rings. The van der Waals surface area contributed by atoms with Crippen molar-refractivity contribution in [1.82, 2.24) is 15.0 Å². The molecular weight excluding hydrogens is 602 g/mol. The van der Waals surface area contributed by atoms with Crippen LogP contribution in [-0.4, -0.2) is 67.1 Å². The number of rotatable bonds is 10. The molecule has 0 saturated heterocycles. The quantitative estimate of drug-likeness (QED) is 0.152. The van der Waals surface area contributed by atoms with Crippen LogP contribution in [0.4, 0.5) is 0 Å². The van der Waals surface area contributed by atoms with Crippen LogP contribution >= 0.6 is 11.3 Å². The summed E-state index contributed by atoms with van der Waals surface area (Å²) in [4.78, 5) is 37.4. The van der Waals surface area contributed by atoms with Gasteiger partial charge in [0.2, 0.25) is 18.3 Å². The zero-order valence-corrected chi connectivity index (χ0v) is 26.1. The Bertz CT molecular complexity index is 1850. The number of fused-ring (bicyclic) bond motifs is 2. The Balaban J connectivity index is 1.34. The first-order valence-corrected chi connectivity index (χ1v) is 15.0. The van der Waals surface area contributed by atoms with Crippen LogP contribution < -0.4 is 24.4 Å². The van der Waals surface area contributed by atoms with E-state index in [-0.39, 0.29) is 32.0 Å². The molecule has 3 aromatic heterocycles. The van der Waals surface area contributed by atoms with Crippen molar-refractivity contribution in [2.24, 2.45) is 10.3 Å². The Kier molecular flexibility index (Phi) is 8.30. The molecule has 2 aliphatic rings. The first-order valence-electron chi connectivity index (χ1n) is 14.2. The summed E-state index contributed by atoms with van der Waals surface area (Å²) in [6.45, 7) is 5.85. The topological polar surface area (TPSA) is 144 Å². The van der Waals surface area contributed by atoms with E-state index in [4.69, 9.17) is 28.5 Å². The van der Waals surface area contributed by atoms with Crippen LogP contribution in [0, 0.1) is 13.8 Å². The van der Waals surface area contributed by atoms with Crippen LogP contribution in [0.15, 0.2) is 40.8 Å². The number of aryl methyl sites for hydroxylation is 2. The first-order chi connectivity index (χ1) is 21.8. The summed E-state index contributed by atoms with van der Waals surface area (Å²) in [5.41, 5.74) is 6.57. The predicted molar refractivity (Wildman–Crippen MR) is 166 cm³/mol. The number of nitrogens with one attached hydrogen (secondary N) is 1. The number of pyridine rings is 1. The number of carbonyl (C=O) groups is 2. The molecule has 234 valence electrons. The van der Waals surface area contributed by atoms with Crippen LogP contribution in [0.1, 0.15) is 45.4 Å². The monoisotopic (exact) mass is 633 g/mol. The molecular formula is C31H31N5O8S. The summed E-state index contributed by atoms with van der Waals surface area (Å²) in [7, 11) is 3.00. The second kappa shape index (κ2) is 12.5. The van der Waals surface area contributed by atoms with Gasteiger partial charge in [0.15, 0.2) is 17.2 Å². The zero-order valence-electron chi connectivity index (χ0n) is 25.3. The van der Waals surface area contributed by atoms with Gasteiger partial charge in [0.05, 0.1) is 32.7 Å². The molecule has 4 aromatic rings. The maximum Gasteiger partial charge on any atom is 0.356 e. The van der Waals surface area contributed by atoms with E-state index in [2.05, 4.69) is 20.7 Å². The van der Waals surface area contributed by atoms with E-state index in [1.807, 2.05) is 49.0 Å². The van der Waals surface area contributed by atoms with Crippen molar-refractivity contribution >= 4 is 45.4 Å². The van der Waals surface area contributed by atoms with E-state index in [0.29, 0.717) is 39.0 Å². The minimum Gasteiger partial charge on any atom is -0.492 e. The predicted octanol–water partition coefficient (Wildman–Crippen LogP) is 4.46. The molecule has 0 unspecified atom stereocenters. The van der Waals surface area contributed by atoms with Gasteiger partial charge in [-0.3, -0.25) is 4.79 Å². The van der Waals surface area contributed by atoms with Gasteiger partial charge in [-0.1, -0.05) is 5.16 Å². The van der Waals surface area contributed by atoms with Gasteiger partial charge < -0.3 is 33.1 Å². The minimum atomic E-state index is -0.527. The Hall–Kier alpha value is -5.11. The number of carbonyl (C=O) groups excluding carboxylic acids is 2. The van der Waals surface area contributed by atoms with E-state index < -0.39 is 18.0 Å². The largest absolute Gasteiger partial charge is 0.492 e. The Labute approximate surface area is 262 Å². The van der Waals surface area contributed by atoms with Gasteiger partial charge in [-0.15, -0.1) is 11.3 Å². The van der Waals surface area contributed by atoms with Crippen molar-refractivity contribution in [3.63, 3.8) is 0 Å². The summed E-state index contributed by atoms with van der Waals surface area (Å²) in [5.74, 6) is 0.509. The first kappa shape index (κ1) is 29.9. The highest BCUT2D eigenvalue weighted by atomic mass is 32.1. The van der Waals surface area contributed by atoms with Gasteiger partial charge in [-0.2, -0.15) is 5.10 Å². The number of benzene rings is 1. The maximum atomic E-state index is 13.7. The fraction of sp³-hybridized carbons (Fsp3) is 0.323. The van der Waals surface area contributed by atoms with Gasteiger partial charge >= 0.3 is 5.97 Å². The molecule has 0 radical (unpaired) electrons. The van der Waals surface area contributed by atoms with Crippen molar-refractivity contribution in [2.75, 3.05) is 27.6 Å². The van der Waals surface area contributed by atoms with Crippen LogP contribution in [-0.2, 0) is 20.8 Å². The average molecular weight is 634 g/mol. The molecule has 1 N–H and O–H groups in total. The number of thiophene rings is 1. The number of hydrogen-bond acceptors (Lipinski definition) is 12. The number of oxime groups is 1. The van der Waals surface area contributed by atoms with E-state index in [0.717, 1.165) is 27.2 Å². The molecule has 45 heavy (non-hydrogen) atoms. The van der Waals surface area contributed by atoms with E-state index in [1.54, 1.807) is 6.92 Å². The molecule has 2 aliphatic heterocycles. The molecule has 0 spiro atoms. The van der Waals surface area contributed by atoms with Gasteiger partial charge in [0.1, 0.15) is 15.8 Å². The molecule has 14 heteroatoms. The lowest BCUT2D eigenvalue weighted by molar-refractivity contribution is -0.135. The van der Waals surface area contributed by atoms with Crippen LogP contribution in [0.3, 0.4) is 0 Å². The summed E-state index contributed by atoms with van der Waals surface area (Å²) >= 11 is 1.30. The number of esters is 1. The lowest BCUT2D eigenvalue weighted by atomic mass is 9.96. The van der Waals surface area contributed by atoms with Crippen molar-refractivity contribution in [1.29, 1.82) is 0 Å². The summed E-state index contributed by atoms with van der Waals surface area (Å²) in [5, 5.41) is 9.17. The molecule has 0 saturated carbocycles. The molecule has 1 aromatic carbocycles. The number of nitrogens with zero attached hydrogens (tertiary/aromatic N) is 4. The Morgan fingerprint density at radius 3 is 2.60 bits per heavy atom. The minimum absolute atomic E-state index is 0.0318. The SMILES string of the molecule is CCOC(=O)C1=NO[C@@H](Cc2c(/C=N\NC(=O)c3sc4nc(C)cc(C)c4c3-n3cccc3)c(OC)c3c(c2OC)OCO3)C1. The third-order valence-corrected chi connectivity index (χ3v) is 8.42. The normalized spacial score (nSPS) is 15.3. The maximum absolute atomic E-state index is 13.7. The molecule has 5 heterocycles. The molecule has 1 atom stereocenters. The van der Waals surface area contributed by atoms with Gasteiger partial charge in [-0.25, -0.2) is 15.2 Å². The Morgan fingerprint density at radius 2 is 1.89 bits per heavy atom. The molecule has 0 bridgehead atoms. The number of aromatic nitrogens is 2. The molecule has 0 aliphatic carbocycles. The van der Waals surface area contributed by atoms with Crippen molar-refractivity contribution in [3.05, 3.63) is 57.9 Å². The highest BCUT2D eigenvalue weighted by Crippen LogP contribution is 2.52. The molecule has 6 rings (SSSR count). The fourth-order valence-electron chi connectivity index (χ4n) is 5.51. The number of methoxy groups -OCH3 is 2. The lowest BCUT2D eigenvalue weighted by Crippen LogP contribution is -2.20. The van der Waals surface area contributed by atoms with E-state index in [1.165, 1.54) is 31.8 Å². The number of hydrogen-bond donors (Lipinski definition) is 1.